The Balaban J connectivity index is 3.39. The average molecular weight is 250 g/mol. The van der Waals surface area contributed by atoms with E-state index in [2.05, 4.69) is 29.0 Å². The standard InChI is InChI=1S/C15H22O3/c1-18-15(17)13-11-9-7-5-3-2-4-6-8-10-12-14-16/h2,4-5,7-8,10,14H,3,6,9,11-13H2,1H3/b4-2+,7-5+,10-8+. The predicted octanol–water partition coefficient (Wildman–Crippen LogP) is 3.37. The van der Waals surface area contributed by atoms with Crippen molar-refractivity contribution in [1.29, 1.82) is 0 Å². The second kappa shape index (κ2) is 13.4. The summed E-state index contributed by atoms with van der Waals surface area (Å²) in [6.07, 6.45) is 17.5. The van der Waals surface area contributed by atoms with E-state index in [1.807, 2.05) is 12.2 Å². The quantitative estimate of drug-likeness (QED) is 0.258. The molecule has 0 spiro atoms. The van der Waals surface area contributed by atoms with E-state index >= 15 is 0 Å². The fourth-order valence-electron chi connectivity index (χ4n) is 1.28. The van der Waals surface area contributed by atoms with Crippen LogP contribution in [0.2, 0.25) is 0 Å². The van der Waals surface area contributed by atoms with Crippen LogP contribution < -0.4 is 0 Å². The zero-order chi connectivity index (χ0) is 13.5. The van der Waals surface area contributed by atoms with Crippen LogP contribution in [-0.4, -0.2) is 19.4 Å². The minimum atomic E-state index is -0.148. The van der Waals surface area contributed by atoms with E-state index in [1.54, 1.807) is 0 Å². The normalized spacial score (nSPS) is 11.6. The van der Waals surface area contributed by atoms with Gasteiger partial charge in [-0.05, 0) is 25.7 Å². The third-order valence-corrected chi connectivity index (χ3v) is 2.26. The second-order valence-corrected chi connectivity index (χ2v) is 3.76. The smallest absolute Gasteiger partial charge is 0.305 e. The van der Waals surface area contributed by atoms with Crippen LogP contribution in [0.5, 0.6) is 0 Å². The third-order valence-electron chi connectivity index (χ3n) is 2.26. The van der Waals surface area contributed by atoms with E-state index in [0.717, 1.165) is 32.0 Å². The summed E-state index contributed by atoms with van der Waals surface area (Å²) in [5.41, 5.74) is 0. The number of ether oxygens (including phenoxy) is 1. The number of esters is 1. The molecule has 0 heterocycles. The van der Waals surface area contributed by atoms with Crippen molar-refractivity contribution in [3.05, 3.63) is 36.5 Å². The highest BCUT2D eigenvalue weighted by Gasteiger charge is 1.96. The highest BCUT2D eigenvalue weighted by molar-refractivity contribution is 5.69. The molecule has 0 atom stereocenters. The van der Waals surface area contributed by atoms with E-state index in [0.29, 0.717) is 12.8 Å². The SMILES string of the molecule is COC(=O)CCC/C=C/C/C=C/C/C=C/CC=O. The molecule has 0 radical (unpaired) electrons. The predicted molar refractivity (Wildman–Crippen MR) is 73.2 cm³/mol. The lowest BCUT2D eigenvalue weighted by molar-refractivity contribution is -0.140. The van der Waals surface area contributed by atoms with Crippen molar-refractivity contribution >= 4 is 12.3 Å². The van der Waals surface area contributed by atoms with Gasteiger partial charge in [-0.25, -0.2) is 0 Å². The summed E-state index contributed by atoms with van der Waals surface area (Å²) in [7, 11) is 1.41. The number of methoxy groups -OCH3 is 1. The molecule has 0 rings (SSSR count). The number of unbranched alkanes of at least 4 members (excludes halogenated alkanes) is 1. The Hall–Kier alpha value is -1.64. The molecule has 0 amide bonds. The molecule has 3 heteroatoms. The van der Waals surface area contributed by atoms with Crippen LogP contribution in [0.1, 0.15) is 38.5 Å². The molecule has 0 aliphatic carbocycles. The molecular formula is C15H22O3. The number of hydrogen-bond acceptors (Lipinski definition) is 3. The molecule has 100 valence electrons. The number of carbonyl (C=O) groups excluding carboxylic acids is 2. The third kappa shape index (κ3) is 12.4. The van der Waals surface area contributed by atoms with Crippen LogP contribution in [0.3, 0.4) is 0 Å². The summed E-state index contributed by atoms with van der Waals surface area (Å²) in [6.45, 7) is 0. The number of allylic oxidation sites excluding steroid dienone is 6. The number of hydrogen-bond donors (Lipinski definition) is 0. The second-order valence-electron chi connectivity index (χ2n) is 3.76. The molecule has 0 aromatic rings. The van der Waals surface area contributed by atoms with Gasteiger partial charge in [0.2, 0.25) is 0 Å². The molecule has 0 saturated heterocycles. The zero-order valence-corrected chi connectivity index (χ0v) is 11.0. The van der Waals surface area contributed by atoms with Crippen molar-refractivity contribution < 1.29 is 14.3 Å². The highest BCUT2D eigenvalue weighted by Crippen LogP contribution is 1.99. The van der Waals surface area contributed by atoms with Crippen molar-refractivity contribution in [3.8, 4) is 0 Å². The fourth-order valence-corrected chi connectivity index (χ4v) is 1.28. The molecule has 0 fully saturated rings. The number of aldehydes is 1. The summed E-state index contributed by atoms with van der Waals surface area (Å²) in [5.74, 6) is -0.148. The summed E-state index contributed by atoms with van der Waals surface area (Å²) in [5, 5.41) is 0. The van der Waals surface area contributed by atoms with Gasteiger partial charge < -0.3 is 9.53 Å². The van der Waals surface area contributed by atoms with Crippen LogP contribution >= 0.6 is 0 Å². The van der Waals surface area contributed by atoms with Gasteiger partial charge in [0, 0.05) is 12.8 Å². The van der Waals surface area contributed by atoms with Crippen LogP contribution in [0.25, 0.3) is 0 Å². The molecule has 0 aliphatic rings. The van der Waals surface area contributed by atoms with Crippen molar-refractivity contribution in [2.75, 3.05) is 7.11 Å². The van der Waals surface area contributed by atoms with Gasteiger partial charge in [0.25, 0.3) is 0 Å². The number of carbonyl (C=O) groups is 2. The van der Waals surface area contributed by atoms with E-state index in [-0.39, 0.29) is 5.97 Å². The highest BCUT2D eigenvalue weighted by atomic mass is 16.5. The van der Waals surface area contributed by atoms with Gasteiger partial charge in [-0.2, -0.15) is 0 Å². The molecule has 0 N–H and O–H groups in total. The molecule has 0 aromatic heterocycles. The van der Waals surface area contributed by atoms with Crippen molar-refractivity contribution in [3.63, 3.8) is 0 Å². The number of rotatable bonds is 10. The summed E-state index contributed by atoms with van der Waals surface area (Å²) in [6, 6.07) is 0. The Bertz CT molecular complexity index is 301. The Morgan fingerprint density at radius 1 is 0.944 bits per heavy atom. The monoisotopic (exact) mass is 250 g/mol. The van der Waals surface area contributed by atoms with E-state index in [9.17, 15) is 9.59 Å². The average Bonchev–Trinajstić information content (AvgIpc) is 2.39. The van der Waals surface area contributed by atoms with Gasteiger partial charge in [0.15, 0.2) is 0 Å². The van der Waals surface area contributed by atoms with Crippen LogP contribution in [0, 0.1) is 0 Å². The maximum atomic E-state index is 10.8. The molecular weight excluding hydrogens is 228 g/mol. The van der Waals surface area contributed by atoms with Crippen LogP contribution in [-0.2, 0) is 14.3 Å². The molecule has 0 aliphatic heterocycles. The maximum absolute atomic E-state index is 10.8. The molecule has 18 heavy (non-hydrogen) atoms. The van der Waals surface area contributed by atoms with Crippen LogP contribution in [0.15, 0.2) is 36.5 Å². The first-order chi connectivity index (χ1) is 8.81. The van der Waals surface area contributed by atoms with Crippen LogP contribution in [0.4, 0.5) is 0 Å². The molecule has 0 aromatic carbocycles. The summed E-state index contributed by atoms with van der Waals surface area (Å²) in [4.78, 5) is 20.8. The fraction of sp³-hybridized carbons (Fsp3) is 0.467. The molecule has 0 unspecified atom stereocenters. The van der Waals surface area contributed by atoms with Gasteiger partial charge >= 0.3 is 5.97 Å². The Labute approximate surface area is 109 Å². The van der Waals surface area contributed by atoms with Gasteiger partial charge in [-0.3, -0.25) is 4.79 Å². The van der Waals surface area contributed by atoms with Gasteiger partial charge in [-0.15, -0.1) is 0 Å². The van der Waals surface area contributed by atoms with Crippen molar-refractivity contribution in [2.24, 2.45) is 0 Å². The zero-order valence-electron chi connectivity index (χ0n) is 11.0. The summed E-state index contributed by atoms with van der Waals surface area (Å²) >= 11 is 0. The first-order valence-corrected chi connectivity index (χ1v) is 6.26. The first-order valence-electron chi connectivity index (χ1n) is 6.26. The minimum Gasteiger partial charge on any atom is -0.469 e. The topological polar surface area (TPSA) is 43.4 Å². The lowest BCUT2D eigenvalue weighted by atomic mass is 10.2. The minimum absolute atomic E-state index is 0.148. The van der Waals surface area contributed by atoms with Crippen molar-refractivity contribution in [1.82, 2.24) is 0 Å². The van der Waals surface area contributed by atoms with E-state index in [4.69, 9.17) is 0 Å². The maximum Gasteiger partial charge on any atom is 0.305 e. The van der Waals surface area contributed by atoms with Gasteiger partial charge in [0.1, 0.15) is 6.29 Å². The lowest BCUT2D eigenvalue weighted by Gasteiger charge is -1.95. The van der Waals surface area contributed by atoms with Gasteiger partial charge in [-0.1, -0.05) is 36.5 Å². The molecule has 0 saturated carbocycles. The Morgan fingerprint density at radius 2 is 1.50 bits per heavy atom. The largest absolute Gasteiger partial charge is 0.469 e. The van der Waals surface area contributed by atoms with E-state index in [1.165, 1.54) is 7.11 Å². The van der Waals surface area contributed by atoms with Crippen molar-refractivity contribution in [2.45, 2.75) is 38.5 Å². The lowest BCUT2D eigenvalue weighted by Crippen LogP contribution is -1.98. The summed E-state index contributed by atoms with van der Waals surface area (Å²) < 4.78 is 4.55. The Morgan fingerprint density at radius 3 is 2.06 bits per heavy atom. The van der Waals surface area contributed by atoms with E-state index < -0.39 is 0 Å². The Kier molecular flexibility index (Phi) is 12.2. The first kappa shape index (κ1) is 16.4. The molecule has 3 nitrogen and oxygen atoms in total. The van der Waals surface area contributed by atoms with Gasteiger partial charge in [0.05, 0.1) is 7.11 Å². The molecule has 0 bridgehead atoms.